The fraction of sp³-hybridized carbons (Fsp3) is 0.632. The first kappa shape index (κ1) is 20.4. The summed E-state index contributed by atoms with van der Waals surface area (Å²) in [7, 11) is 0. The molecule has 3 atom stereocenters. The number of rotatable bonds is 2. The number of piperidine rings is 1. The van der Waals surface area contributed by atoms with Crippen molar-refractivity contribution in [2.75, 3.05) is 19.7 Å². The Morgan fingerprint density at radius 3 is 2.68 bits per heavy atom. The van der Waals surface area contributed by atoms with Gasteiger partial charge in [0.1, 0.15) is 17.6 Å². The van der Waals surface area contributed by atoms with E-state index in [-0.39, 0.29) is 26.1 Å². The van der Waals surface area contributed by atoms with E-state index in [0.29, 0.717) is 12.0 Å². The summed E-state index contributed by atoms with van der Waals surface area (Å²) in [6.07, 6.45) is 1.06. The van der Waals surface area contributed by atoms with Gasteiger partial charge in [-0.1, -0.05) is 0 Å². The minimum Gasteiger partial charge on any atom is -0.444 e. The average Bonchev–Trinajstić information content (AvgIpc) is 3.09. The van der Waals surface area contributed by atoms with E-state index < -0.39 is 41.6 Å². The van der Waals surface area contributed by atoms with Gasteiger partial charge < -0.3 is 9.64 Å². The van der Waals surface area contributed by atoms with Crippen molar-refractivity contribution in [3.05, 3.63) is 29.8 Å². The Kier molecular flexibility index (Phi) is 5.83. The minimum absolute atomic E-state index is 0.160. The number of nitrogens with zero attached hydrogens (tertiary/aromatic N) is 3. The molecule has 0 radical (unpaired) electrons. The van der Waals surface area contributed by atoms with Gasteiger partial charge in [-0.05, 0) is 38.8 Å². The summed E-state index contributed by atoms with van der Waals surface area (Å²) in [6, 6.07) is 0.789. The second kappa shape index (κ2) is 7.98. The fourth-order valence-corrected chi connectivity index (χ4v) is 3.44. The highest BCUT2D eigenvalue weighted by molar-refractivity contribution is 5.80. The van der Waals surface area contributed by atoms with Crippen molar-refractivity contribution in [1.82, 2.24) is 14.9 Å². The van der Waals surface area contributed by atoms with Gasteiger partial charge in [0.05, 0.1) is 31.3 Å². The monoisotopic (exact) mass is 397 g/mol. The molecule has 0 aliphatic carbocycles. The topological polar surface area (TPSA) is 72.0 Å². The van der Waals surface area contributed by atoms with Gasteiger partial charge in [-0.15, -0.1) is 0 Å². The van der Waals surface area contributed by atoms with E-state index in [0.717, 1.165) is 11.3 Å². The Bertz CT molecular complexity index is 740. The van der Waals surface area contributed by atoms with Crippen LogP contribution in [-0.2, 0) is 14.4 Å². The summed E-state index contributed by atoms with van der Waals surface area (Å²) in [6.45, 7) is 5.48. The lowest BCUT2D eigenvalue weighted by Crippen LogP contribution is -2.51. The Morgan fingerprint density at radius 1 is 1.29 bits per heavy atom. The van der Waals surface area contributed by atoms with Gasteiger partial charge in [-0.2, -0.15) is 0 Å². The van der Waals surface area contributed by atoms with Crippen LogP contribution >= 0.6 is 0 Å². The molecular formula is C19H25F2N3O4. The molecule has 2 fully saturated rings. The molecule has 2 aliphatic rings. The number of hydroxylamine groups is 2. The summed E-state index contributed by atoms with van der Waals surface area (Å²) in [4.78, 5) is 35.5. The molecule has 0 spiro atoms. The first-order valence-electron chi connectivity index (χ1n) is 9.34. The van der Waals surface area contributed by atoms with Gasteiger partial charge in [0, 0.05) is 19.2 Å². The molecular weight excluding hydrogens is 372 g/mol. The molecule has 2 saturated heterocycles. The third-order valence-electron chi connectivity index (χ3n) is 4.74. The molecule has 2 amide bonds. The fourth-order valence-electron chi connectivity index (χ4n) is 3.44. The van der Waals surface area contributed by atoms with E-state index in [1.807, 2.05) is 0 Å². The molecule has 2 aliphatic heterocycles. The van der Waals surface area contributed by atoms with Crippen LogP contribution in [0.2, 0.25) is 0 Å². The molecule has 3 rings (SSSR count). The zero-order valence-electron chi connectivity index (χ0n) is 16.2. The van der Waals surface area contributed by atoms with E-state index in [1.165, 1.54) is 17.2 Å². The molecule has 7 nitrogen and oxygen atoms in total. The minimum atomic E-state index is -1.54. The number of carbonyl (C=O) groups excluding carboxylic acids is 2. The third-order valence-corrected chi connectivity index (χ3v) is 4.74. The second-order valence-electron chi connectivity index (χ2n) is 8.08. The maximum atomic E-state index is 14.8. The van der Waals surface area contributed by atoms with Crippen LogP contribution in [0.3, 0.4) is 0 Å². The van der Waals surface area contributed by atoms with Crippen molar-refractivity contribution < 1.29 is 27.9 Å². The number of ether oxygens (including phenoxy) is 1. The van der Waals surface area contributed by atoms with E-state index in [1.54, 1.807) is 20.8 Å². The predicted octanol–water partition coefficient (Wildman–Crippen LogP) is 3.02. The molecule has 154 valence electrons. The Hall–Kier alpha value is -2.29. The number of aromatic nitrogens is 1. The number of hydrogen-bond acceptors (Lipinski definition) is 5. The first-order chi connectivity index (χ1) is 13.2. The summed E-state index contributed by atoms with van der Waals surface area (Å²) < 4.78 is 33.5. The predicted molar refractivity (Wildman–Crippen MR) is 95.2 cm³/mol. The molecule has 0 saturated carbocycles. The Balaban J connectivity index is 1.65. The van der Waals surface area contributed by atoms with Crippen LogP contribution in [0, 0.1) is 11.7 Å². The lowest BCUT2D eigenvalue weighted by molar-refractivity contribution is -0.185. The third kappa shape index (κ3) is 4.57. The van der Waals surface area contributed by atoms with Crippen molar-refractivity contribution >= 4 is 12.0 Å². The first-order valence-corrected chi connectivity index (χ1v) is 9.34. The molecule has 1 aromatic heterocycles. The molecule has 28 heavy (non-hydrogen) atoms. The van der Waals surface area contributed by atoms with Crippen molar-refractivity contribution in [2.24, 2.45) is 5.92 Å². The number of halogens is 2. The zero-order chi connectivity index (χ0) is 20.5. The van der Waals surface area contributed by atoms with Crippen molar-refractivity contribution in [3.63, 3.8) is 0 Å². The van der Waals surface area contributed by atoms with Crippen LogP contribution in [0.1, 0.15) is 45.2 Å². The summed E-state index contributed by atoms with van der Waals surface area (Å²) in [5, 5.41) is 1.14. The van der Waals surface area contributed by atoms with Crippen LogP contribution < -0.4 is 0 Å². The maximum absolute atomic E-state index is 14.8. The molecule has 0 bridgehead atoms. The summed E-state index contributed by atoms with van der Waals surface area (Å²) >= 11 is 0. The van der Waals surface area contributed by atoms with Gasteiger partial charge >= 0.3 is 6.09 Å². The smallest absolute Gasteiger partial charge is 0.410 e. The van der Waals surface area contributed by atoms with Gasteiger partial charge in [0.15, 0.2) is 0 Å². The number of alkyl halides is 1. The van der Waals surface area contributed by atoms with Crippen LogP contribution in [-0.4, -0.2) is 58.4 Å². The van der Waals surface area contributed by atoms with Crippen molar-refractivity contribution in [1.29, 1.82) is 0 Å². The average molecular weight is 397 g/mol. The molecule has 0 aromatic carbocycles. The zero-order valence-corrected chi connectivity index (χ0v) is 16.2. The van der Waals surface area contributed by atoms with Gasteiger partial charge in [0.25, 0.3) is 5.91 Å². The van der Waals surface area contributed by atoms with Crippen LogP contribution in [0.25, 0.3) is 0 Å². The molecule has 1 aromatic rings. The second-order valence-corrected chi connectivity index (χ2v) is 8.08. The van der Waals surface area contributed by atoms with E-state index >= 15 is 0 Å². The molecule has 3 heterocycles. The Morgan fingerprint density at radius 2 is 2.04 bits per heavy atom. The molecule has 0 N–H and O–H groups in total. The molecule has 1 unspecified atom stereocenters. The van der Waals surface area contributed by atoms with Gasteiger partial charge in [0.2, 0.25) is 0 Å². The van der Waals surface area contributed by atoms with E-state index in [4.69, 9.17) is 9.57 Å². The van der Waals surface area contributed by atoms with Crippen LogP contribution in [0.5, 0.6) is 0 Å². The normalized spacial score (nSPS) is 25.7. The largest absolute Gasteiger partial charge is 0.444 e. The Labute approximate surface area is 162 Å². The number of hydrogen-bond donors (Lipinski definition) is 0. The lowest BCUT2D eigenvalue weighted by atomic mass is 9.93. The maximum Gasteiger partial charge on any atom is 0.410 e. The number of likely N-dealkylation sites (tertiary alicyclic amines) is 1. The van der Waals surface area contributed by atoms with Crippen LogP contribution in [0.4, 0.5) is 13.6 Å². The van der Waals surface area contributed by atoms with Crippen molar-refractivity contribution in [3.8, 4) is 0 Å². The summed E-state index contributed by atoms with van der Waals surface area (Å²) in [5.41, 5.74) is -0.169. The van der Waals surface area contributed by atoms with Gasteiger partial charge in [-0.25, -0.2) is 18.6 Å². The van der Waals surface area contributed by atoms with E-state index in [2.05, 4.69) is 4.98 Å². The van der Waals surface area contributed by atoms with E-state index in [9.17, 15) is 18.4 Å². The highest BCUT2D eigenvalue weighted by Gasteiger charge is 2.43. The standard InChI is InChI=1S/C19H25F2N3O4/c1-19(2,3)28-18(26)23-6-4-14(15(21)11-23)17(25)24-16(5-7-27-24)12-8-13(20)10-22-9-12/h8-10,14-16H,4-7,11H2,1-3H3/t14-,15+,16?/m0/s1. The highest BCUT2D eigenvalue weighted by atomic mass is 19.1. The SMILES string of the molecule is CC(C)(C)OC(=O)N1CC[C@H](C(=O)N2OCCC2c2cncc(F)c2)[C@H](F)C1. The van der Waals surface area contributed by atoms with Crippen LogP contribution in [0.15, 0.2) is 18.5 Å². The number of carbonyl (C=O) groups is 2. The highest BCUT2D eigenvalue weighted by Crippen LogP contribution is 2.34. The summed E-state index contributed by atoms with van der Waals surface area (Å²) in [5.74, 6) is -1.94. The van der Waals surface area contributed by atoms with Gasteiger partial charge in [-0.3, -0.25) is 14.6 Å². The lowest BCUT2D eigenvalue weighted by Gasteiger charge is -2.36. The number of pyridine rings is 1. The van der Waals surface area contributed by atoms with Crippen molar-refractivity contribution in [2.45, 2.75) is 51.4 Å². The quantitative estimate of drug-likeness (QED) is 0.767. The molecule has 9 heteroatoms. The number of amides is 2.